The van der Waals surface area contributed by atoms with Crippen molar-refractivity contribution in [1.82, 2.24) is 23.4 Å². The zero-order chi connectivity index (χ0) is 20.9. The minimum absolute atomic E-state index is 0.352. The van der Waals surface area contributed by atoms with Crippen molar-refractivity contribution in [2.75, 3.05) is 26.2 Å². The van der Waals surface area contributed by atoms with Crippen molar-refractivity contribution >= 4 is 48.8 Å². The van der Waals surface area contributed by atoms with Crippen LogP contribution in [0.2, 0.25) is 0 Å². The van der Waals surface area contributed by atoms with Gasteiger partial charge in [-0.05, 0) is 43.4 Å². The molecule has 30 heavy (non-hydrogen) atoms. The summed E-state index contributed by atoms with van der Waals surface area (Å²) in [5, 5.41) is 4.69. The molecule has 156 valence electrons. The van der Waals surface area contributed by atoms with Crippen LogP contribution in [0.5, 0.6) is 0 Å². The van der Waals surface area contributed by atoms with Crippen molar-refractivity contribution in [3.05, 3.63) is 58.9 Å². The van der Waals surface area contributed by atoms with Crippen LogP contribution in [-0.4, -0.2) is 58.0 Å². The summed E-state index contributed by atoms with van der Waals surface area (Å²) >= 11 is 7.29. The molecule has 1 aliphatic rings. The third-order valence-corrected chi connectivity index (χ3v) is 8.76. The van der Waals surface area contributed by atoms with E-state index in [0.29, 0.717) is 42.5 Å². The van der Waals surface area contributed by atoms with Gasteiger partial charge in [0.1, 0.15) is 0 Å². The number of hydrogen-bond acceptors (Lipinski definition) is 6. The monoisotopic (exact) mass is 459 g/mol. The molecule has 0 amide bonds. The van der Waals surface area contributed by atoms with E-state index in [-0.39, 0.29) is 0 Å². The Morgan fingerprint density at radius 1 is 1.03 bits per heavy atom. The second-order valence-corrected chi connectivity index (χ2v) is 10.8. The highest BCUT2D eigenvalue weighted by Gasteiger charge is 2.28. The summed E-state index contributed by atoms with van der Waals surface area (Å²) in [6.07, 6.45) is 0. The second-order valence-electron chi connectivity index (χ2n) is 7.45. The van der Waals surface area contributed by atoms with E-state index in [2.05, 4.69) is 22.1 Å². The van der Waals surface area contributed by atoms with Gasteiger partial charge in [-0.1, -0.05) is 41.2 Å². The van der Waals surface area contributed by atoms with Gasteiger partial charge in [-0.3, -0.25) is 9.30 Å². The third-order valence-electron chi connectivity index (χ3n) is 5.44. The first-order chi connectivity index (χ1) is 14.4. The number of hydrogen-bond donors (Lipinski definition) is 0. The van der Waals surface area contributed by atoms with Gasteiger partial charge < -0.3 is 0 Å². The first-order valence-electron chi connectivity index (χ1n) is 9.70. The molecule has 0 unspecified atom stereocenters. The lowest BCUT2D eigenvalue weighted by atomic mass is 10.2. The Balaban J connectivity index is 1.31. The van der Waals surface area contributed by atoms with Crippen LogP contribution in [0.25, 0.3) is 15.2 Å². The van der Waals surface area contributed by atoms with Crippen LogP contribution < -0.4 is 0 Å². The van der Waals surface area contributed by atoms with Gasteiger partial charge in [0.15, 0.2) is 0 Å². The van der Waals surface area contributed by atoms with Crippen molar-refractivity contribution in [2.24, 2.45) is 0 Å². The molecule has 0 saturated carbocycles. The normalized spacial score (nSPS) is 16.6. The Labute approximate surface area is 183 Å². The molecule has 2 aromatic heterocycles. The van der Waals surface area contributed by atoms with E-state index in [4.69, 9.17) is 12.2 Å². The molecule has 2 aromatic carbocycles. The lowest BCUT2D eigenvalue weighted by molar-refractivity contribution is 0.145. The molecule has 0 radical (unpaired) electrons. The Bertz CT molecular complexity index is 1380. The number of piperazine rings is 1. The number of benzene rings is 2. The summed E-state index contributed by atoms with van der Waals surface area (Å²) < 4.78 is 33.0. The van der Waals surface area contributed by atoms with E-state index in [1.807, 2.05) is 40.3 Å². The summed E-state index contributed by atoms with van der Waals surface area (Å²) in [6, 6.07) is 15.2. The number of aromatic nitrogens is 3. The highest BCUT2D eigenvalue weighted by atomic mass is 32.2. The molecule has 10 heteroatoms. The number of nitrogens with zero attached hydrogens (tertiary/aromatic N) is 5. The maximum atomic E-state index is 12.9. The molecular weight excluding hydrogens is 438 g/mol. The zero-order valence-electron chi connectivity index (χ0n) is 16.4. The van der Waals surface area contributed by atoms with Gasteiger partial charge in [0, 0.05) is 26.2 Å². The fraction of sp³-hybridized carbons (Fsp3) is 0.300. The summed E-state index contributed by atoms with van der Waals surface area (Å²) in [5.74, 6) is 0. The molecule has 0 N–H and O–H groups in total. The minimum atomic E-state index is -3.46. The summed E-state index contributed by atoms with van der Waals surface area (Å²) in [7, 11) is -3.46. The van der Waals surface area contributed by atoms with Crippen LogP contribution in [-0.2, 0) is 16.7 Å². The Morgan fingerprint density at radius 3 is 2.47 bits per heavy atom. The van der Waals surface area contributed by atoms with Gasteiger partial charge in [-0.2, -0.15) is 4.31 Å². The van der Waals surface area contributed by atoms with E-state index >= 15 is 0 Å². The fourth-order valence-electron chi connectivity index (χ4n) is 3.74. The van der Waals surface area contributed by atoms with E-state index in [1.54, 1.807) is 27.8 Å². The number of para-hydroxylation sites is 1. The molecule has 7 nitrogen and oxygen atoms in total. The van der Waals surface area contributed by atoms with Crippen LogP contribution in [0.4, 0.5) is 0 Å². The maximum Gasteiger partial charge on any atom is 0.243 e. The SMILES string of the molecule is Cc1ccc(S(=O)(=O)N2CCN(Cn3nc4sc5ccccc5n4c3=S)CC2)cc1. The molecule has 5 rings (SSSR count). The van der Waals surface area contributed by atoms with Crippen LogP contribution >= 0.6 is 23.6 Å². The van der Waals surface area contributed by atoms with E-state index in [0.717, 1.165) is 20.7 Å². The molecule has 0 aliphatic carbocycles. The third kappa shape index (κ3) is 3.38. The first-order valence-corrected chi connectivity index (χ1v) is 12.4. The average Bonchev–Trinajstić information content (AvgIpc) is 3.25. The van der Waals surface area contributed by atoms with Crippen molar-refractivity contribution in [3.8, 4) is 0 Å². The number of fused-ring (bicyclic) bond motifs is 3. The van der Waals surface area contributed by atoms with Gasteiger partial charge in [0.25, 0.3) is 0 Å². The molecule has 0 spiro atoms. The summed E-state index contributed by atoms with van der Waals surface area (Å²) in [4.78, 5) is 3.42. The molecular formula is C20H21N5O2S3. The van der Waals surface area contributed by atoms with Crippen molar-refractivity contribution in [3.63, 3.8) is 0 Å². The predicted molar refractivity (Wildman–Crippen MR) is 121 cm³/mol. The predicted octanol–water partition coefficient (Wildman–Crippen LogP) is 3.35. The highest BCUT2D eigenvalue weighted by Crippen LogP contribution is 2.26. The van der Waals surface area contributed by atoms with Gasteiger partial charge in [-0.25, -0.2) is 13.1 Å². The minimum Gasteiger partial charge on any atom is -0.282 e. The average molecular weight is 460 g/mol. The molecule has 0 atom stereocenters. The quantitative estimate of drug-likeness (QED) is 0.438. The number of aryl methyl sites for hydroxylation is 1. The maximum absolute atomic E-state index is 12.9. The number of rotatable bonds is 4. The van der Waals surface area contributed by atoms with Crippen LogP contribution in [0.3, 0.4) is 0 Å². The highest BCUT2D eigenvalue weighted by molar-refractivity contribution is 7.89. The Kier molecular flexibility index (Phi) is 4.98. The van der Waals surface area contributed by atoms with E-state index in [9.17, 15) is 8.42 Å². The van der Waals surface area contributed by atoms with Crippen LogP contribution in [0, 0.1) is 11.7 Å². The smallest absolute Gasteiger partial charge is 0.243 e. The molecule has 3 heterocycles. The van der Waals surface area contributed by atoms with Gasteiger partial charge >= 0.3 is 0 Å². The largest absolute Gasteiger partial charge is 0.282 e. The fourth-order valence-corrected chi connectivity index (χ4v) is 6.52. The molecule has 1 fully saturated rings. The first kappa shape index (κ1) is 19.8. The standard InChI is InChI=1S/C20H21N5O2S3/c1-15-6-8-16(9-7-15)30(26,27)23-12-10-22(11-13-23)14-24-20(28)25-17-4-2-3-5-18(17)29-19(25)21-24/h2-9H,10-14H2,1H3. The van der Waals surface area contributed by atoms with Crippen LogP contribution in [0.15, 0.2) is 53.4 Å². The molecule has 4 aromatic rings. The van der Waals surface area contributed by atoms with Crippen molar-refractivity contribution in [1.29, 1.82) is 0 Å². The zero-order valence-corrected chi connectivity index (χ0v) is 18.9. The Morgan fingerprint density at radius 2 is 1.73 bits per heavy atom. The summed E-state index contributed by atoms with van der Waals surface area (Å²) in [5.41, 5.74) is 2.12. The summed E-state index contributed by atoms with van der Waals surface area (Å²) in [6.45, 7) is 4.68. The Hall–Kier alpha value is -2.11. The number of thiazole rings is 1. The lowest BCUT2D eigenvalue weighted by Crippen LogP contribution is -2.48. The van der Waals surface area contributed by atoms with E-state index < -0.39 is 10.0 Å². The number of sulfonamides is 1. The molecule has 1 aliphatic heterocycles. The molecule has 1 saturated heterocycles. The van der Waals surface area contributed by atoms with E-state index in [1.165, 1.54) is 0 Å². The van der Waals surface area contributed by atoms with Crippen molar-refractivity contribution < 1.29 is 8.42 Å². The topological polar surface area (TPSA) is 62.9 Å². The van der Waals surface area contributed by atoms with Gasteiger partial charge in [0.2, 0.25) is 19.8 Å². The van der Waals surface area contributed by atoms with Gasteiger partial charge in [-0.15, -0.1) is 5.10 Å². The van der Waals surface area contributed by atoms with Crippen molar-refractivity contribution in [2.45, 2.75) is 18.5 Å². The van der Waals surface area contributed by atoms with Crippen LogP contribution in [0.1, 0.15) is 5.56 Å². The second kappa shape index (κ2) is 7.54. The molecule has 0 bridgehead atoms. The van der Waals surface area contributed by atoms with Gasteiger partial charge in [0.05, 0.1) is 21.8 Å². The lowest BCUT2D eigenvalue weighted by Gasteiger charge is -2.33.